The molecular weight excluding hydrogens is 314 g/mol. The number of anilines is 2. The molecule has 7 heteroatoms. The maximum atomic E-state index is 13.6. The van der Waals surface area contributed by atoms with Crippen molar-refractivity contribution in [1.29, 1.82) is 0 Å². The molecule has 1 saturated heterocycles. The quantitative estimate of drug-likeness (QED) is 0.937. The van der Waals surface area contributed by atoms with Crippen molar-refractivity contribution in [2.24, 2.45) is 5.92 Å². The van der Waals surface area contributed by atoms with Crippen molar-refractivity contribution in [2.75, 3.05) is 23.3 Å². The average molecular weight is 332 g/mol. The Morgan fingerprint density at radius 3 is 2.58 bits per heavy atom. The topological polar surface area (TPSA) is 58.1 Å². The van der Waals surface area contributed by atoms with Crippen LogP contribution in [0.15, 0.2) is 30.3 Å². The van der Waals surface area contributed by atoms with Gasteiger partial charge in [-0.05, 0) is 43.0 Å². The van der Waals surface area contributed by atoms with Gasteiger partial charge in [-0.2, -0.15) is 0 Å². The number of hydrogen-bond acceptors (Lipinski definition) is 4. The molecule has 1 atom stereocenters. The Morgan fingerprint density at radius 2 is 1.96 bits per heavy atom. The number of aromatic nitrogens is 2. The number of para-hydroxylation sites is 1. The molecule has 0 bridgehead atoms. The van der Waals surface area contributed by atoms with Gasteiger partial charge in [-0.1, -0.05) is 13.0 Å². The molecule has 0 saturated carbocycles. The number of rotatable bonds is 3. The normalized spacial score (nSPS) is 17.6. The molecular formula is C17H18F2N4O. The second kappa shape index (κ2) is 6.90. The number of piperidine rings is 1. The number of halogens is 2. The molecule has 126 valence electrons. The van der Waals surface area contributed by atoms with Crippen LogP contribution >= 0.6 is 0 Å². The van der Waals surface area contributed by atoms with Gasteiger partial charge < -0.3 is 10.2 Å². The Morgan fingerprint density at radius 1 is 1.21 bits per heavy atom. The summed E-state index contributed by atoms with van der Waals surface area (Å²) in [7, 11) is 0. The summed E-state index contributed by atoms with van der Waals surface area (Å²) in [6, 6.07) is 6.60. The molecule has 3 rings (SSSR count). The predicted molar refractivity (Wildman–Crippen MR) is 87.0 cm³/mol. The Balaban J connectivity index is 1.72. The largest absolute Gasteiger partial charge is 0.355 e. The third-order valence-corrected chi connectivity index (χ3v) is 4.07. The van der Waals surface area contributed by atoms with Gasteiger partial charge in [0.2, 0.25) is 0 Å². The van der Waals surface area contributed by atoms with Gasteiger partial charge in [0.15, 0.2) is 11.5 Å². The van der Waals surface area contributed by atoms with Gasteiger partial charge in [0.05, 0.1) is 0 Å². The minimum absolute atomic E-state index is 0.00598. The van der Waals surface area contributed by atoms with Gasteiger partial charge in [-0.25, -0.2) is 8.78 Å². The van der Waals surface area contributed by atoms with Gasteiger partial charge in [0, 0.05) is 13.1 Å². The summed E-state index contributed by atoms with van der Waals surface area (Å²) in [5, 5.41) is 10.2. The minimum Gasteiger partial charge on any atom is -0.355 e. The van der Waals surface area contributed by atoms with Crippen LogP contribution in [0.3, 0.4) is 0 Å². The molecule has 0 aliphatic carbocycles. The fourth-order valence-electron chi connectivity index (χ4n) is 2.81. The van der Waals surface area contributed by atoms with E-state index in [4.69, 9.17) is 0 Å². The first-order valence-electron chi connectivity index (χ1n) is 7.88. The van der Waals surface area contributed by atoms with Crippen LogP contribution in [0, 0.1) is 17.6 Å². The lowest BCUT2D eigenvalue weighted by molar-refractivity contribution is 0.102. The Labute approximate surface area is 138 Å². The van der Waals surface area contributed by atoms with E-state index in [0.717, 1.165) is 31.6 Å². The van der Waals surface area contributed by atoms with Crippen LogP contribution in [-0.2, 0) is 0 Å². The third kappa shape index (κ3) is 3.50. The lowest BCUT2D eigenvalue weighted by atomic mass is 10.0. The highest BCUT2D eigenvalue weighted by Crippen LogP contribution is 2.21. The van der Waals surface area contributed by atoms with E-state index in [1.165, 1.54) is 18.6 Å². The summed E-state index contributed by atoms with van der Waals surface area (Å²) >= 11 is 0. The lowest BCUT2D eigenvalue weighted by Gasteiger charge is -2.31. The number of nitrogens with zero attached hydrogens (tertiary/aromatic N) is 3. The first-order chi connectivity index (χ1) is 11.5. The van der Waals surface area contributed by atoms with E-state index in [1.54, 1.807) is 6.07 Å². The lowest BCUT2D eigenvalue weighted by Crippen LogP contribution is -2.35. The molecule has 1 amide bonds. The van der Waals surface area contributed by atoms with E-state index in [2.05, 4.69) is 27.3 Å². The number of carbonyl (C=O) groups is 1. The molecule has 2 heterocycles. The third-order valence-electron chi connectivity index (χ3n) is 4.07. The molecule has 1 fully saturated rings. The fraction of sp³-hybridized carbons (Fsp3) is 0.353. The molecule has 24 heavy (non-hydrogen) atoms. The Bertz CT molecular complexity index is 716. The van der Waals surface area contributed by atoms with E-state index >= 15 is 0 Å². The van der Waals surface area contributed by atoms with Crippen molar-refractivity contribution in [3.8, 4) is 0 Å². The summed E-state index contributed by atoms with van der Waals surface area (Å²) in [4.78, 5) is 14.2. The van der Waals surface area contributed by atoms with Crippen molar-refractivity contribution < 1.29 is 13.6 Å². The van der Waals surface area contributed by atoms with Crippen LogP contribution in [0.4, 0.5) is 20.3 Å². The minimum atomic E-state index is -0.838. The van der Waals surface area contributed by atoms with Gasteiger partial charge >= 0.3 is 0 Å². The standard InChI is InChI=1S/C17H18F2N4O/c1-11-4-3-9-23(10-11)15-8-7-14(21-22-15)17(24)20-16-12(18)5-2-6-13(16)19/h2,5-8,11H,3-4,9-10H2,1H3,(H,20,24). The highest BCUT2D eigenvalue weighted by atomic mass is 19.1. The van der Waals surface area contributed by atoms with E-state index in [9.17, 15) is 13.6 Å². The molecule has 1 unspecified atom stereocenters. The SMILES string of the molecule is CC1CCCN(c2ccc(C(=O)Nc3c(F)cccc3F)nn2)C1. The van der Waals surface area contributed by atoms with Crippen LogP contribution in [0.5, 0.6) is 0 Å². The molecule has 1 aliphatic heterocycles. The first-order valence-corrected chi connectivity index (χ1v) is 7.88. The monoisotopic (exact) mass is 332 g/mol. The van der Waals surface area contributed by atoms with E-state index in [1.807, 2.05) is 0 Å². The Hall–Kier alpha value is -2.57. The van der Waals surface area contributed by atoms with Crippen LogP contribution < -0.4 is 10.2 Å². The van der Waals surface area contributed by atoms with Crippen molar-refractivity contribution in [3.63, 3.8) is 0 Å². The number of hydrogen-bond donors (Lipinski definition) is 1. The zero-order chi connectivity index (χ0) is 17.1. The van der Waals surface area contributed by atoms with E-state index in [0.29, 0.717) is 11.7 Å². The number of nitrogens with one attached hydrogen (secondary N) is 1. The van der Waals surface area contributed by atoms with Gasteiger partial charge in [-0.15, -0.1) is 10.2 Å². The summed E-state index contributed by atoms with van der Waals surface area (Å²) in [6.07, 6.45) is 2.29. The smallest absolute Gasteiger partial charge is 0.276 e. The number of benzene rings is 1. The zero-order valence-corrected chi connectivity index (χ0v) is 13.3. The molecule has 2 aromatic rings. The van der Waals surface area contributed by atoms with Gasteiger partial charge in [0.25, 0.3) is 5.91 Å². The highest BCUT2D eigenvalue weighted by molar-refractivity contribution is 6.02. The van der Waals surface area contributed by atoms with Crippen LogP contribution in [0.25, 0.3) is 0 Å². The van der Waals surface area contributed by atoms with E-state index in [-0.39, 0.29) is 5.69 Å². The average Bonchev–Trinajstić information content (AvgIpc) is 2.58. The van der Waals surface area contributed by atoms with Crippen LogP contribution in [-0.4, -0.2) is 29.2 Å². The molecule has 1 aromatic heterocycles. The van der Waals surface area contributed by atoms with Gasteiger partial charge in [-0.3, -0.25) is 4.79 Å². The summed E-state index contributed by atoms with van der Waals surface area (Å²) in [5.74, 6) is -1.08. The maximum absolute atomic E-state index is 13.6. The highest BCUT2D eigenvalue weighted by Gasteiger charge is 2.19. The first kappa shape index (κ1) is 16.3. The second-order valence-corrected chi connectivity index (χ2v) is 6.02. The summed E-state index contributed by atoms with van der Waals surface area (Å²) in [6.45, 7) is 4.00. The summed E-state index contributed by atoms with van der Waals surface area (Å²) < 4.78 is 27.1. The fourth-order valence-corrected chi connectivity index (χ4v) is 2.81. The molecule has 5 nitrogen and oxygen atoms in total. The van der Waals surface area contributed by atoms with Crippen molar-refractivity contribution in [3.05, 3.63) is 47.7 Å². The molecule has 1 N–H and O–H groups in total. The van der Waals surface area contributed by atoms with Gasteiger partial charge in [0.1, 0.15) is 17.3 Å². The number of amides is 1. The molecule has 1 aliphatic rings. The molecule has 1 aromatic carbocycles. The van der Waals surface area contributed by atoms with Crippen molar-refractivity contribution in [1.82, 2.24) is 10.2 Å². The predicted octanol–water partition coefficient (Wildman–Crippen LogP) is 3.24. The van der Waals surface area contributed by atoms with E-state index < -0.39 is 23.2 Å². The number of carbonyl (C=O) groups excluding carboxylic acids is 1. The molecule has 0 spiro atoms. The maximum Gasteiger partial charge on any atom is 0.276 e. The van der Waals surface area contributed by atoms with Crippen LogP contribution in [0.2, 0.25) is 0 Å². The van der Waals surface area contributed by atoms with Crippen LogP contribution in [0.1, 0.15) is 30.3 Å². The second-order valence-electron chi connectivity index (χ2n) is 6.02. The van der Waals surface area contributed by atoms with Crippen molar-refractivity contribution >= 4 is 17.4 Å². The van der Waals surface area contributed by atoms with Crippen molar-refractivity contribution in [2.45, 2.75) is 19.8 Å². The zero-order valence-electron chi connectivity index (χ0n) is 13.3. The summed E-state index contributed by atoms with van der Waals surface area (Å²) in [5.41, 5.74) is -0.482. The Kier molecular flexibility index (Phi) is 4.69. The molecule has 0 radical (unpaired) electrons.